The molecule has 170 valence electrons. The fourth-order valence-electron chi connectivity index (χ4n) is 3.83. The van der Waals surface area contributed by atoms with Gasteiger partial charge in [-0.1, -0.05) is 18.2 Å². The number of anilines is 1. The van der Waals surface area contributed by atoms with Gasteiger partial charge >= 0.3 is 0 Å². The standard InChI is InChI=1S/C24H30N6O.HI/c1-25-24(26-13-12-20-18-27-30(19-20)22-6-4-3-5-7-22)29-16-14-28(15-17-29)21-8-10-23(31-2)11-9-21;/h3-11,18-19H,12-17H2,1-2H3,(H,25,26);1H. The Morgan fingerprint density at radius 1 is 1.00 bits per heavy atom. The topological polar surface area (TPSA) is 57.9 Å². The molecule has 7 nitrogen and oxygen atoms in total. The maximum Gasteiger partial charge on any atom is 0.193 e. The number of para-hydroxylation sites is 1. The van der Waals surface area contributed by atoms with Crippen LogP contribution in [0.4, 0.5) is 5.69 Å². The number of hydrogen-bond acceptors (Lipinski definition) is 4. The van der Waals surface area contributed by atoms with E-state index in [2.05, 4.69) is 55.7 Å². The van der Waals surface area contributed by atoms with Crippen molar-refractivity contribution in [1.29, 1.82) is 0 Å². The zero-order chi connectivity index (χ0) is 21.5. The zero-order valence-corrected chi connectivity index (χ0v) is 21.0. The average Bonchev–Trinajstić information content (AvgIpc) is 3.32. The number of methoxy groups -OCH3 is 1. The molecule has 1 aromatic heterocycles. The molecule has 2 aromatic carbocycles. The number of halogens is 1. The lowest BCUT2D eigenvalue weighted by Gasteiger charge is -2.37. The van der Waals surface area contributed by atoms with Crippen LogP contribution in [0, 0.1) is 0 Å². The summed E-state index contributed by atoms with van der Waals surface area (Å²) in [5, 5.41) is 7.99. The third-order valence-electron chi connectivity index (χ3n) is 5.58. The lowest BCUT2D eigenvalue weighted by atomic mass is 10.2. The minimum atomic E-state index is 0. The summed E-state index contributed by atoms with van der Waals surface area (Å²) < 4.78 is 7.18. The highest BCUT2D eigenvalue weighted by atomic mass is 127. The third kappa shape index (κ3) is 5.93. The average molecular weight is 546 g/mol. The molecule has 0 atom stereocenters. The monoisotopic (exact) mass is 546 g/mol. The van der Waals surface area contributed by atoms with Gasteiger partial charge in [0.25, 0.3) is 0 Å². The van der Waals surface area contributed by atoms with Gasteiger partial charge in [0.15, 0.2) is 5.96 Å². The van der Waals surface area contributed by atoms with Crippen LogP contribution < -0.4 is 15.0 Å². The molecule has 8 heteroatoms. The van der Waals surface area contributed by atoms with E-state index in [0.29, 0.717) is 0 Å². The summed E-state index contributed by atoms with van der Waals surface area (Å²) in [5.74, 6) is 1.85. The van der Waals surface area contributed by atoms with Gasteiger partial charge in [-0.2, -0.15) is 5.10 Å². The third-order valence-corrected chi connectivity index (χ3v) is 5.58. The fourth-order valence-corrected chi connectivity index (χ4v) is 3.83. The van der Waals surface area contributed by atoms with Gasteiger partial charge in [-0.25, -0.2) is 4.68 Å². The van der Waals surface area contributed by atoms with E-state index in [9.17, 15) is 0 Å². The van der Waals surface area contributed by atoms with Crippen molar-refractivity contribution in [1.82, 2.24) is 20.0 Å². The SMILES string of the molecule is CN=C(NCCc1cnn(-c2ccccc2)c1)N1CCN(c2ccc(OC)cc2)CC1.I. The van der Waals surface area contributed by atoms with Crippen molar-refractivity contribution in [3.8, 4) is 11.4 Å². The number of aliphatic imine (C=N–C) groups is 1. The number of hydrogen-bond donors (Lipinski definition) is 1. The first kappa shape index (κ1) is 23.9. The second-order valence-electron chi connectivity index (χ2n) is 7.52. The Morgan fingerprint density at radius 3 is 2.38 bits per heavy atom. The van der Waals surface area contributed by atoms with E-state index in [1.807, 2.05) is 48.3 Å². The number of nitrogens with zero attached hydrogens (tertiary/aromatic N) is 5. The smallest absolute Gasteiger partial charge is 0.193 e. The molecule has 0 amide bonds. The maximum absolute atomic E-state index is 5.26. The molecule has 1 aliphatic rings. The van der Waals surface area contributed by atoms with E-state index in [0.717, 1.165) is 56.5 Å². The minimum absolute atomic E-state index is 0. The fraction of sp³-hybridized carbons (Fsp3) is 0.333. The first-order valence-corrected chi connectivity index (χ1v) is 10.7. The van der Waals surface area contributed by atoms with Gasteiger partial charge in [-0.15, -0.1) is 24.0 Å². The van der Waals surface area contributed by atoms with Crippen molar-refractivity contribution in [2.75, 3.05) is 51.8 Å². The number of aromatic nitrogens is 2. The van der Waals surface area contributed by atoms with Gasteiger partial charge in [0, 0.05) is 51.7 Å². The van der Waals surface area contributed by atoms with E-state index in [1.54, 1.807) is 7.11 Å². The Balaban J connectivity index is 0.00000289. The van der Waals surface area contributed by atoms with Crippen LogP contribution >= 0.6 is 24.0 Å². The first-order valence-electron chi connectivity index (χ1n) is 10.7. The van der Waals surface area contributed by atoms with E-state index >= 15 is 0 Å². The number of guanidine groups is 1. The largest absolute Gasteiger partial charge is 0.497 e. The summed E-state index contributed by atoms with van der Waals surface area (Å²) in [7, 11) is 3.55. The predicted molar refractivity (Wildman–Crippen MR) is 141 cm³/mol. The highest BCUT2D eigenvalue weighted by molar-refractivity contribution is 14.0. The van der Waals surface area contributed by atoms with Gasteiger partial charge in [-0.3, -0.25) is 4.99 Å². The molecule has 3 aromatic rings. The van der Waals surface area contributed by atoms with Gasteiger partial charge in [0.1, 0.15) is 5.75 Å². The molecule has 0 spiro atoms. The molecule has 0 radical (unpaired) electrons. The van der Waals surface area contributed by atoms with Crippen molar-refractivity contribution in [3.05, 3.63) is 72.6 Å². The molecule has 0 bridgehead atoms. The van der Waals surface area contributed by atoms with Crippen LogP contribution in [0.15, 0.2) is 72.0 Å². The van der Waals surface area contributed by atoms with Crippen LogP contribution in [0.1, 0.15) is 5.56 Å². The molecular weight excluding hydrogens is 515 g/mol. The Labute approximate surface area is 207 Å². The summed E-state index contributed by atoms with van der Waals surface area (Å²) in [5.41, 5.74) is 3.52. The zero-order valence-electron chi connectivity index (χ0n) is 18.6. The Hall–Kier alpha value is -2.75. The number of benzene rings is 2. The van der Waals surface area contributed by atoms with E-state index in [-0.39, 0.29) is 24.0 Å². The van der Waals surface area contributed by atoms with Crippen LogP contribution in [-0.2, 0) is 6.42 Å². The number of rotatable bonds is 6. The summed E-state index contributed by atoms with van der Waals surface area (Å²) in [6.45, 7) is 4.65. The summed E-state index contributed by atoms with van der Waals surface area (Å²) in [6, 6.07) is 18.5. The highest BCUT2D eigenvalue weighted by Gasteiger charge is 2.19. The number of piperazine rings is 1. The molecule has 1 aliphatic heterocycles. The van der Waals surface area contributed by atoms with Crippen LogP contribution in [0.25, 0.3) is 5.69 Å². The van der Waals surface area contributed by atoms with Crippen molar-refractivity contribution < 1.29 is 4.74 Å². The van der Waals surface area contributed by atoms with Crippen LogP contribution in [0.5, 0.6) is 5.75 Å². The molecule has 2 heterocycles. The summed E-state index contributed by atoms with van der Waals surface area (Å²) >= 11 is 0. The number of nitrogens with one attached hydrogen (secondary N) is 1. The molecular formula is C24H31IN6O. The summed E-state index contributed by atoms with van der Waals surface area (Å²) in [4.78, 5) is 9.22. The van der Waals surface area contributed by atoms with Crippen LogP contribution in [0.2, 0.25) is 0 Å². The normalized spacial score (nSPS) is 14.1. The van der Waals surface area contributed by atoms with Gasteiger partial charge < -0.3 is 19.9 Å². The van der Waals surface area contributed by atoms with Crippen molar-refractivity contribution in [3.63, 3.8) is 0 Å². The molecule has 1 N–H and O–H groups in total. The molecule has 4 rings (SSSR count). The van der Waals surface area contributed by atoms with Crippen LogP contribution in [-0.4, -0.2) is 67.5 Å². The lowest BCUT2D eigenvalue weighted by molar-refractivity contribution is 0.373. The van der Waals surface area contributed by atoms with E-state index in [1.165, 1.54) is 11.3 Å². The van der Waals surface area contributed by atoms with E-state index in [4.69, 9.17) is 4.74 Å². The Morgan fingerprint density at radius 2 is 1.72 bits per heavy atom. The predicted octanol–water partition coefficient (Wildman–Crippen LogP) is 3.44. The van der Waals surface area contributed by atoms with Gasteiger partial charge in [0.2, 0.25) is 0 Å². The molecule has 0 saturated carbocycles. The number of ether oxygens (including phenoxy) is 1. The Kier molecular flexibility index (Phi) is 8.78. The van der Waals surface area contributed by atoms with Crippen molar-refractivity contribution >= 4 is 35.6 Å². The Bertz CT molecular complexity index is 981. The molecule has 1 saturated heterocycles. The van der Waals surface area contributed by atoms with Crippen molar-refractivity contribution in [2.24, 2.45) is 4.99 Å². The molecule has 1 fully saturated rings. The van der Waals surface area contributed by atoms with E-state index < -0.39 is 0 Å². The molecule has 32 heavy (non-hydrogen) atoms. The van der Waals surface area contributed by atoms with Crippen molar-refractivity contribution in [2.45, 2.75) is 6.42 Å². The minimum Gasteiger partial charge on any atom is -0.497 e. The second kappa shape index (κ2) is 11.8. The quantitative estimate of drug-likeness (QED) is 0.292. The first-order chi connectivity index (χ1) is 15.3. The van der Waals surface area contributed by atoms with Gasteiger partial charge in [0.05, 0.1) is 19.0 Å². The highest BCUT2D eigenvalue weighted by Crippen LogP contribution is 2.20. The lowest BCUT2D eigenvalue weighted by Crippen LogP contribution is -2.52. The van der Waals surface area contributed by atoms with Gasteiger partial charge in [-0.05, 0) is 48.4 Å². The molecule has 0 unspecified atom stereocenters. The molecule has 0 aliphatic carbocycles. The summed E-state index contributed by atoms with van der Waals surface area (Å²) in [6.07, 6.45) is 4.93. The second-order valence-corrected chi connectivity index (χ2v) is 7.52. The maximum atomic E-state index is 5.26. The van der Waals surface area contributed by atoms with Crippen LogP contribution in [0.3, 0.4) is 0 Å².